The maximum Gasteiger partial charge on any atom is 0.157 e. The van der Waals surface area contributed by atoms with E-state index in [9.17, 15) is 0 Å². The Balaban J connectivity index is 1.33. The second-order valence-electron chi connectivity index (χ2n) is 16.3. The van der Waals surface area contributed by atoms with Crippen LogP contribution >= 0.6 is 15.1 Å². The third kappa shape index (κ3) is 8.57. The van der Waals surface area contributed by atoms with Crippen molar-refractivity contribution >= 4 is 15.1 Å². The molecule has 0 saturated heterocycles. The molecule has 2 heteroatoms. The lowest BCUT2D eigenvalue weighted by Crippen LogP contribution is -1.93. The van der Waals surface area contributed by atoms with Crippen LogP contribution in [0, 0.1) is 48.5 Å². The van der Waals surface area contributed by atoms with E-state index in [4.69, 9.17) is 0 Å². The van der Waals surface area contributed by atoms with Gasteiger partial charge in [0.2, 0.25) is 0 Å². The normalized spacial score (nSPS) is 11.5. The van der Waals surface area contributed by atoms with Gasteiger partial charge in [0, 0.05) is 28.7 Å². The van der Waals surface area contributed by atoms with Gasteiger partial charge in [-0.05, 0) is 124 Å². The van der Waals surface area contributed by atoms with Gasteiger partial charge >= 0.3 is 0 Å². The first-order valence-electron chi connectivity index (χ1n) is 20.7. The van der Waals surface area contributed by atoms with Crippen molar-refractivity contribution in [1.29, 1.82) is 0 Å². The van der Waals surface area contributed by atoms with E-state index >= 15 is 0 Å². The molecule has 0 aliphatic carbocycles. The summed E-state index contributed by atoms with van der Waals surface area (Å²) in [7, 11) is -1.34. The van der Waals surface area contributed by atoms with Crippen LogP contribution in [0.2, 0.25) is 0 Å². The standard InChI is InChI=1S/C56H54P2/c1-38-16-14-21-47(31-38)53-34-48(45-17-10-8-11-18-45)35-54(50-32-41(4)28-42(5)33-50)57(53)26-15-27-58-55(51-24-22-39(2)29-43(51)6)36-49(46-19-12-9-13-20-46)37-56(58)52-25-23-40(3)30-44(52)7/h8-14,16-25,28-37H,15,26-27H2,1-7H3/q+2. The van der Waals surface area contributed by atoms with Gasteiger partial charge in [-0.1, -0.05) is 149 Å². The molecule has 0 saturated carbocycles. The molecule has 1 atom stereocenters. The quantitative estimate of drug-likeness (QED) is 0.129. The number of hydrogen-bond acceptors (Lipinski definition) is 0. The van der Waals surface area contributed by atoms with Gasteiger partial charge in [-0.2, -0.15) is 0 Å². The fraction of sp³-hybridized carbons (Fsp3) is 0.179. The molecule has 0 fully saturated rings. The lowest BCUT2D eigenvalue weighted by Gasteiger charge is -2.14. The third-order valence-corrected chi connectivity index (χ3v) is 16.8. The van der Waals surface area contributed by atoms with Crippen LogP contribution in [0.3, 0.4) is 0 Å². The molecular formula is C56H54P2+2. The van der Waals surface area contributed by atoms with Gasteiger partial charge in [0.25, 0.3) is 0 Å². The minimum Gasteiger partial charge on any atom is -0.0622 e. The van der Waals surface area contributed by atoms with Gasteiger partial charge in [0.1, 0.15) is 27.4 Å². The van der Waals surface area contributed by atoms with E-state index in [0.717, 1.165) is 18.7 Å². The Morgan fingerprint density at radius 3 is 1.19 bits per heavy atom. The van der Waals surface area contributed by atoms with E-state index in [1.807, 2.05) is 0 Å². The predicted octanol–water partition coefficient (Wildman–Crippen LogP) is 17.5. The van der Waals surface area contributed by atoms with E-state index in [0.29, 0.717) is 0 Å². The van der Waals surface area contributed by atoms with Gasteiger partial charge in [-0.15, -0.1) is 0 Å². The Morgan fingerprint density at radius 2 is 0.707 bits per heavy atom. The van der Waals surface area contributed by atoms with E-state index in [-0.39, 0.29) is 0 Å². The number of aryl methyl sites for hydroxylation is 7. The Morgan fingerprint density at radius 1 is 0.293 bits per heavy atom. The molecule has 0 N–H and O–H groups in total. The molecule has 2 heterocycles. The van der Waals surface area contributed by atoms with Crippen molar-refractivity contribution in [1.82, 2.24) is 0 Å². The van der Waals surface area contributed by atoms with Gasteiger partial charge in [0.05, 0.1) is 0 Å². The zero-order chi connectivity index (χ0) is 40.3. The predicted molar refractivity (Wildman–Crippen MR) is 258 cm³/mol. The van der Waals surface area contributed by atoms with Gasteiger partial charge in [0.15, 0.2) is 21.2 Å². The third-order valence-electron chi connectivity index (χ3n) is 11.5. The summed E-state index contributed by atoms with van der Waals surface area (Å²) in [6, 6.07) is 62.6. The maximum atomic E-state index is 2.54. The molecule has 286 valence electrons. The summed E-state index contributed by atoms with van der Waals surface area (Å²) in [4.78, 5) is 0. The second-order valence-corrected chi connectivity index (χ2v) is 20.8. The Labute approximate surface area is 349 Å². The molecule has 58 heavy (non-hydrogen) atoms. The topological polar surface area (TPSA) is 0 Å². The van der Waals surface area contributed by atoms with Gasteiger partial charge in [-0.3, -0.25) is 0 Å². The van der Waals surface area contributed by atoms with E-state index < -0.39 is 15.1 Å². The van der Waals surface area contributed by atoms with Crippen molar-refractivity contribution < 1.29 is 0 Å². The molecular weight excluding hydrogens is 735 g/mol. The van der Waals surface area contributed by atoms with E-state index in [1.165, 1.54) is 105 Å². The van der Waals surface area contributed by atoms with Crippen LogP contribution in [0.1, 0.15) is 45.4 Å². The molecule has 0 aliphatic heterocycles. The summed E-state index contributed by atoms with van der Waals surface area (Å²) in [6.07, 6.45) is 3.39. The maximum absolute atomic E-state index is 2.54. The molecule has 1 unspecified atom stereocenters. The molecule has 0 radical (unpaired) electrons. The summed E-state index contributed by atoms with van der Waals surface area (Å²) in [5, 5.41) is 5.98. The molecule has 8 aromatic rings. The highest BCUT2D eigenvalue weighted by molar-refractivity contribution is 7.56. The van der Waals surface area contributed by atoms with Gasteiger partial charge < -0.3 is 0 Å². The fourth-order valence-corrected chi connectivity index (χ4v) is 14.6. The number of benzene rings is 6. The highest BCUT2D eigenvalue weighted by Crippen LogP contribution is 2.57. The Kier molecular flexibility index (Phi) is 11.7. The van der Waals surface area contributed by atoms with Crippen LogP contribution in [0.25, 0.3) is 65.7 Å². The van der Waals surface area contributed by atoms with Gasteiger partial charge in [-0.25, -0.2) is 0 Å². The van der Waals surface area contributed by atoms with Crippen molar-refractivity contribution in [3.05, 3.63) is 203 Å². The fourth-order valence-electron chi connectivity index (χ4n) is 8.76. The SMILES string of the molecule is Cc1cccc(-c2cc(-c3ccccc3)cc(-c3cc(C)cc(C)c3)[p+]2CCC[p+]2c(-c3ccc(C)cc3C)cc(-c3ccccc3)cc2-c2ccc(C)cc2C)c1. The number of rotatable bonds is 10. The van der Waals surface area contributed by atoms with Crippen LogP contribution in [0.4, 0.5) is 0 Å². The summed E-state index contributed by atoms with van der Waals surface area (Å²) >= 11 is 0. The molecule has 0 amide bonds. The highest BCUT2D eigenvalue weighted by Gasteiger charge is 2.30. The lowest BCUT2D eigenvalue weighted by atomic mass is 9.99. The minimum atomic E-state index is -0.677. The summed E-state index contributed by atoms with van der Waals surface area (Å²) in [5.41, 5.74) is 19.9. The van der Waals surface area contributed by atoms with Crippen molar-refractivity contribution in [2.24, 2.45) is 0 Å². The first-order valence-corrected chi connectivity index (χ1v) is 23.7. The van der Waals surface area contributed by atoms with Crippen molar-refractivity contribution in [3.8, 4) is 65.7 Å². The second kappa shape index (κ2) is 17.2. The molecule has 8 rings (SSSR count). The highest BCUT2D eigenvalue weighted by atomic mass is 31.1. The largest absolute Gasteiger partial charge is 0.157 e. The molecule has 6 aromatic carbocycles. The zero-order valence-electron chi connectivity index (χ0n) is 35.1. The summed E-state index contributed by atoms with van der Waals surface area (Å²) in [6.45, 7) is 15.8. The first-order chi connectivity index (χ1) is 28.1. The average molecular weight is 789 g/mol. The van der Waals surface area contributed by atoms with Crippen molar-refractivity contribution in [3.63, 3.8) is 0 Å². The van der Waals surface area contributed by atoms with Crippen LogP contribution in [0.15, 0.2) is 164 Å². The summed E-state index contributed by atoms with van der Waals surface area (Å²) < 4.78 is 0. The Hall–Kier alpha value is -5.38. The monoisotopic (exact) mass is 788 g/mol. The Bertz CT molecular complexity index is 2670. The van der Waals surface area contributed by atoms with Crippen molar-refractivity contribution in [2.45, 2.75) is 67.2 Å². The van der Waals surface area contributed by atoms with Crippen molar-refractivity contribution in [2.75, 3.05) is 0 Å². The molecule has 0 bridgehead atoms. The molecule has 0 aliphatic rings. The number of hydrogen-bond donors (Lipinski definition) is 0. The van der Waals surface area contributed by atoms with Crippen LogP contribution in [-0.4, -0.2) is 0 Å². The molecule has 0 spiro atoms. The minimum absolute atomic E-state index is 0.668. The lowest BCUT2D eigenvalue weighted by molar-refractivity contribution is 0.984. The van der Waals surface area contributed by atoms with Crippen LogP contribution in [-0.2, 0) is 12.3 Å². The van der Waals surface area contributed by atoms with E-state index in [1.54, 1.807) is 0 Å². The van der Waals surface area contributed by atoms with Crippen LogP contribution < -0.4 is 0 Å². The smallest absolute Gasteiger partial charge is 0.0622 e. The summed E-state index contributed by atoms with van der Waals surface area (Å²) in [5.74, 6) is 0. The molecule has 2 aromatic heterocycles. The van der Waals surface area contributed by atoms with E-state index in [2.05, 4.69) is 212 Å². The average Bonchev–Trinajstić information content (AvgIpc) is 3.21. The first kappa shape index (κ1) is 39.4. The molecule has 0 nitrogen and oxygen atoms in total. The zero-order valence-corrected chi connectivity index (χ0v) is 36.9. The van der Waals surface area contributed by atoms with Crippen LogP contribution in [0.5, 0.6) is 0 Å².